The van der Waals surface area contributed by atoms with Crippen LogP contribution in [0.15, 0.2) is 36.7 Å². The molecule has 3 rings (SSSR count). The highest BCUT2D eigenvalue weighted by atomic mass is 32.2. The van der Waals surface area contributed by atoms with Crippen molar-refractivity contribution < 1.29 is 27.0 Å². The number of anilines is 2. The van der Waals surface area contributed by atoms with E-state index in [4.69, 9.17) is 9.84 Å². The molecule has 0 aliphatic heterocycles. The fraction of sp³-hybridized carbons (Fsp3) is 0.294. The molecule has 0 saturated carbocycles. The third-order valence-electron chi connectivity index (χ3n) is 3.72. The summed E-state index contributed by atoms with van der Waals surface area (Å²) < 4.78 is 60.6. The first-order chi connectivity index (χ1) is 13.4. The third-order valence-corrected chi connectivity index (χ3v) is 5.61. The van der Waals surface area contributed by atoms with Gasteiger partial charge in [0, 0.05) is 12.1 Å². The standard InChI is InChI=1S/C17H18F2N4O4S/c1-2-7-28(25,26)23(15-4-3-12(18)8-14(15)19)13-10-20-16-9-17(27-6-5-24)21-22(16)11-13/h3-4,8-11,24H,2,5-7H2,1H3. The Morgan fingerprint density at radius 1 is 1.29 bits per heavy atom. The van der Waals surface area contributed by atoms with Crippen LogP contribution in [0.4, 0.5) is 20.2 Å². The highest BCUT2D eigenvalue weighted by Gasteiger charge is 2.27. The van der Waals surface area contributed by atoms with E-state index in [1.165, 1.54) is 23.0 Å². The quantitative estimate of drug-likeness (QED) is 0.610. The van der Waals surface area contributed by atoms with Crippen molar-refractivity contribution >= 4 is 27.0 Å². The molecule has 0 saturated heterocycles. The van der Waals surface area contributed by atoms with E-state index in [1.54, 1.807) is 6.92 Å². The van der Waals surface area contributed by atoms with Crippen LogP contribution in [0.25, 0.3) is 5.65 Å². The molecule has 11 heteroatoms. The number of benzene rings is 1. The normalized spacial score (nSPS) is 11.7. The molecule has 8 nitrogen and oxygen atoms in total. The predicted molar refractivity (Wildman–Crippen MR) is 98.1 cm³/mol. The zero-order valence-electron chi connectivity index (χ0n) is 14.9. The first kappa shape index (κ1) is 20.0. The van der Waals surface area contributed by atoms with Crippen LogP contribution < -0.4 is 9.04 Å². The second kappa shape index (κ2) is 8.07. The molecule has 2 heterocycles. The van der Waals surface area contributed by atoms with Gasteiger partial charge in [-0.05, 0) is 18.6 Å². The van der Waals surface area contributed by atoms with Crippen LogP contribution in [-0.2, 0) is 10.0 Å². The van der Waals surface area contributed by atoms with E-state index in [9.17, 15) is 17.2 Å². The average molecular weight is 412 g/mol. The van der Waals surface area contributed by atoms with Crippen molar-refractivity contribution in [1.29, 1.82) is 0 Å². The van der Waals surface area contributed by atoms with Gasteiger partial charge >= 0.3 is 0 Å². The maximum atomic E-state index is 14.4. The van der Waals surface area contributed by atoms with Crippen molar-refractivity contribution in [2.45, 2.75) is 13.3 Å². The average Bonchev–Trinajstić information content (AvgIpc) is 3.04. The summed E-state index contributed by atoms with van der Waals surface area (Å²) >= 11 is 0. The zero-order valence-corrected chi connectivity index (χ0v) is 15.7. The van der Waals surface area contributed by atoms with Gasteiger partial charge in [0.15, 0.2) is 11.5 Å². The lowest BCUT2D eigenvalue weighted by atomic mass is 10.3. The first-order valence-electron chi connectivity index (χ1n) is 8.43. The lowest BCUT2D eigenvalue weighted by Gasteiger charge is -2.24. The molecular formula is C17H18F2N4O4S. The number of halogens is 2. The molecule has 0 fully saturated rings. The Balaban J connectivity index is 2.12. The summed E-state index contributed by atoms with van der Waals surface area (Å²) in [5, 5.41) is 12.9. The molecule has 0 radical (unpaired) electrons. The van der Waals surface area contributed by atoms with Crippen LogP contribution in [0.3, 0.4) is 0 Å². The molecule has 0 amide bonds. The molecular weight excluding hydrogens is 394 g/mol. The SMILES string of the molecule is CCCS(=O)(=O)N(c1cnc2cc(OCCO)nn2c1)c1ccc(F)cc1F. The van der Waals surface area contributed by atoms with Crippen LogP contribution in [0.5, 0.6) is 5.88 Å². The van der Waals surface area contributed by atoms with Gasteiger partial charge in [-0.3, -0.25) is 0 Å². The van der Waals surface area contributed by atoms with E-state index < -0.39 is 21.7 Å². The van der Waals surface area contributed by atoms with E-state index in [-0.39, 0.29) is 36.2 Å². The molecule has 28 heavy (non-hydrogen) atoms. The second-order valence-electron chi connectivity index (χ2n) is 5.85. The number of ether oxygens (including phenoxy) is 1. The Morgan fingerprint density at radius 2 is 2.07 bits per heavy atom. The third kappa shape index (κ3) is 4.04. The number of aromatic nitrogens is 3. The molecule has 0 unspecified atom stereocenters. The minimum atomic E-state index is -3.96. The van der Waals surface area contributed by atoms with Crippen molar-refractivity contribution in [3.8, 4) is 5.88 Å². The van der Waals surface area contributed by atoms with Crippen molar-refractivity contribution in [3.05, 3.63) is 48.3 Å². The molecule has 0 aliphatic carbocycles. The number of sulfonamides is 1. The summed E-state index contributed by atoms with van der Waals surface area (Å²) in [4.78, 5) is 4.13. The number of rotatable bonds is 8. The largest absolute Gasteiger partial charge is 0.474 e. The minimum absolute atomic E-state index is 0.0308. The summed E-state index contributed by atoms with van der Waals surface area (Å²) in [6, 6.07) is 4.15. The molecule has 1 aromatic carbocycles. The summed E-state index contributed by atoms with van der Waals surface area (Å²) in [7, 11) is -3.96. The van der Waals surface area contributed by atoms with Gasteiger partial charge in [0.05, 0.1) is 36.1 Å². The molecule has 0 atom stereocenters. The van der Waals surface area contributed by atoms with E-state index in [0.29, 0.717) is 18.1 Å². The molecule has 0 aliphatic rings. The molecule has 0 spiro atoms. The fourth-order valence-corrected chi connectivity index (χ4v) is 4.18. The van der Waals surface area contributed by atoms with Crippen LogP contribution >= 0.6 is 0 Å². The van der Waals surface area contributed by atoms with Crippen LogP contribution in [0.2, 0.25) is 0 Å². The summed E-state index contributed by atoms with van der Waals surface area (Å²) in [6.45, 7) is 1.52. The minimum Gasteiger partial charge on any atom is -0.474 e. The summed E-state index contributed by atoms with van der Waals surface area (Å²) in [6.07, 6.45) is 2.91. The number of aliphatic hydroxyl groups is 1. The van der Waals surface area contributed by atoms with Gasteiger partial charge in [-0.1, -0.05) is 6.92 Å². The van der Waals surface area contributed by atoms with E-state index in [1.807, 2.05) is 0 Å². The fourth-order valence-electron chi connectivity index (χ4n) is 2.62. The van der Waals surface area contributed by atoms with Crippen molar-refractivity contribution in [3.63, 3.8) is 0 Å². The summed E-state index contributed by atoms with van der Waals surface area (Å²) in [5.41, 5.74) is 0.0762. The van der Waals surface area contributed by atoms with Crippen LogP contribution in [0.1, 0.15) is 13.3 Å². The smallest absolute Gasteiger partial charge is 0.239 e. The Bertz CT molecular complexity index is 1090. The molecule has 1 N–H and O–H groups in total. The predicted octanol–water partition coefficient (Wildman–Crippen LogP) is 2.26. The Morgan fingerprint density at radius 3 is 2.75 bits per heavy atom. The lowest BCUT2D eigenvalue weighted by molar-refractivity contribution is 0.196. The van der Waals surface area contributed by atoms with Gasteiger partial charge in [-0.2, -0.15) is 0 Å². The van der Waals surface area contributed by atoms with E-state index >= 15 is 0 Å². The van der Waals surface area contributed by atoms with Gasteiger partial charge < -0.3 is 9.84 Å². The van der Waals surface area contributed by atoms with Crippen LogP contribution in [-0.4, -0.2) is 47.1 Å². The van der Waals surface area contributed by atoms with Crippen molar-refractivity contribution in [2.75, 3.05) is 23.3 Å². The highest BCUT2D eigenvalue weighted by molar-refractivity contribution is 7.93. The topological polar surface area (TPSA) is 97.0 Å². The maximum Gasteiger partial charge on any atom is 0.239 e. The number of hydrogen-bond acceptors (Lipinski definition) is 6. The van der Waals surface area contributed by atoms with Gasteiger partial charge in [0.1, 0.15) is 12.4 Å². The lowest BCUT2D eigenvalue weighted by Crippen LogP contribution is -2.29. The number of hydrogen-bond donors (Lipinski definition) is 1. The van der Waals surface area contributed by atoms with E-state index in [2.05, 4.69) is 10.1 Å². The van der Waals surface area contributed by atoms with Gasteiger partial charge in [-0.25, -0.2) is 31.0 Å². The molecule has 0 bridgehead atoms. The highest BCUT2D eigenvalue weighted by Crippen LogP contribution is 2.32. The van der Waals surface area contributed by atoms with Crippen LogP contribution in [0, 0.1) is 11.6 Å². The summed E-state index contributed by atoms with van der Waals surface area (Å²) in [5.74, 6) is -1.89. The molecule has 3 aromatic rings. The van der Waals surface area contributed by atoms with Gasteiger partial charge in [0.2, 0.25) is 15.9 Å². The maximum absolute atomic E-state index is 14.4. The monoisotopic (exact) mass is 412 g/mol. The zero-order chi connectivity index (χ0) is 20.3. The number of aliphatic hydroxyl groups excluding tert-OH is 1. The van der Waals surface area contributed by atoms with Crippen molar-refractivity contribution in [1.82, 2.24) is 14.6 Å². The number of fused-ring (bicyclic) bond motifs is 1. The Kier molecular flexibility index (Phi) is 5.75. The molecule has 150 valence electrons. The number of nitrogens with zero attached hydrogens (tertiary/aromatic N) is 4. The van der Waals surface area contributed by atoms with Crippen molar-refractivity contribution in [2.24, 2.45) is 0 Å². The molecule has 2 aromatic heterocycles. The van der Waals surface area contributed by atoms with Gasteiger partial charge in [-0.15, -0.1) is 5.10 Å². The Labute approximate surface area is 160 Å². The Hall–Kier alpha value is -2.79. The van der Waals surface area contributed by atoms with Gasteiger partial charge in [0.25, 0.3) is 0 Å². The first-order valence-corrected chi connectivity index (χ1v) is 10.0. The van der Waals surface area contributed by atoms with E-state index in [0.717, 1.165) is 16.4 Å². The second-order valence-corrected chi connectivity index (χ2v) is 7.78.